The molecule has 1 aliphatic rings. The van der Waals surface area contributed by atoms with Crippen molar-refractivity contribution in [1.82, 2.24) is 19.8 Å². The molecule has 2 heterocycles. The zero-order valence-electron chi connectivity index (χ0n) is 12.6. The topological polar surface area (TPSA) is 78.2 Å². The summed E-state index contributed by atoms with van der Waals surface area (Å²) in [7, 11) is 0. The third kappa shape index (κ3) is 3.02. The van der Waals surface area contributed by atoms with Gasteiger partial charge < -0.3 is 15.6 Å². The molecular weight excluding hydrogens is 254 g/mol. The predicted octanol–water partition coefficient (Wildman–Crippen LogP) is 0.488. The molecule has 20 heavy (non-hydrogen) atoms. The maximum Gasteiger partial charge on any atom is 0.239 e. The monoisotopic (exact) mass is 279 g/mol. The lowest BCUT2D eigenvalue weighted by Gasteiger charge is -2.28. The standard InChI is InChI=1S/C14H25N5O/c1-4-18(5-2)14(20)13-6-11(15)7-19(13)8-12-10(3)16-9-17-12/h9,11,13H,4-8,15H2,1-3H3,(H,16,17)/t11-,13-/m0/s1. The van der Waals surface area contributed by atoms with Crippen molar-refractivity contribution in [3.8, 4) is 0 Å². The van der Waals surface area contributed by atoms with Gasteiger partial charge in [0.1, 0.15) is 0 Å². The number of H-pyrrole nitrogens is 1. The lowest BCUT2D eigenvalue weighted by atomic mass is 10.1. The fourth-order valence-electron chi connectivity index (χ4n) is 2.86. The van der Waals surface area contributed by atoms with Gasteiger partial charge in [0.25, 0.3) is 0 Å². The molecule has 1 amide bonds. The van der Waals surface area contributed by atoms with E-state index in [9.17, 15) is 4.79 Å². The molecule has 2 rings (SSSR count). The predicted molar refractivity (Wildman–Crippen MR) is 78.0 cm³/mol. The number of amides is 1. The van der Waals surface area contributed by atoms with Crippen LogP contribution >= 0.6 is 0 Å². The molecule has 0 unspecified atom stereocenters. The second-order valence-corrected chi connectivity index (χ2v) is 5.43. The summed E-state index contributed by atoms with van der Waals surface area (Å²) in [5.74, 6) is 0.191. The van der Waals surface area contributed by atoms with E-state index < -0.39 is 0 Å². The Morgan fingerprint density at radius 1 is 1.55 bits per heavy atom. The summed E-state index contributed by atoms with van der Waals surface area (Å²) in [6, 6.07) is -0.0419. The van der Waals surface area contributed by atoms with Crippen molar-refractivity contribution in [3.63, 3.8) is 0 Å². The smallest absolute Gasteiger partial charge is 0.239 e. The Bertz CT molecular complexity index is 454. The second kappa shape index (κ2) is 6.37. The third-order valence-electron chi connectivity index (χ3n) is 4.08. The van der Waals surface area contributed by atoms with Gasteiger partial charge in [0.05, 0.1) is 18.1 Å². The van der Waals surface area contributed by atoms with Gasteiger partial charge in [0.15, 0.2) is 0 Å². The van der Waals surface area contributed by atoms with Crippen LogP contribution in [-0.2, 0) is 11.3 Å². The Morgan fingerprint density at radius 2 is 2.25 bits per heavy atom. The van der Waals surface area contributed by atoms with Gasteiger partial charge in [-0.2, -0.15) is 0 Å². The van der Waals surface area contributed by atoms with Crippen molar-refractivity contribution in [2.24, 2.45) is 5.73 Å². The minimum atomic E-state index is -0.110. The third-order valence-corrected chi connectivity index (χ3v) is 4.08. The maximum atomic E-state index is 12.6. The SMILES string of the molecule is CCN(CC)C(=O)[C@@H]1C[C@H](N)CN1Cc1nc[nH]c1C. The molecule has 0 aromatic carbocycles. The summed E-state index contributed by atoms with van der Waals surface area (Å²) >= 11 is 0. The van der Waals surface area contributed by atoms with Crippen LogP contribution in [0.5, 0.6) is 0 Å². The number of aromatic amines is 1. The van der Waals surface area contributed by atoms with E-state index in [2.05, 4.69) is 14.9 Å². The minimum absolute atomic E-state index is 0.0683. The molecule has 1 aromatic rings. The van der Waals surface area contributed by atoms with Crippen LogP contribution in [0.15, 0.2) is 6.33 Å². The minimum Gasteiger partial charge on any atom is -0.348 e. The summed E-state index contributed by atoms with van der Waals surface area (Å²) in [4.78, 5) is 24.0. The Labute approximate surface area is 120 Å². The van der Waals surface area contributed by atoms with Gasteiger partial charge in [-0.05, 0) is 27.2 Å². The molecular formula is C14H25N5O. The number of carbonyl (C=O) groups excluding carboxylic acids is 1. The van der Waals surface area contributed by atoms with Crippen molar-refractivity contribution in [1.29, 1.82) is 0 Å². The zero-order valence-corrected chi connectivity index (χ0v) is 12.6. The number of nitrogens with one attached hydrogen (secondary N) is 1. The van der Waals surface area contributed by atoms with E-state index in [1.165, 1.54) is 0 Å². The van der Waals surface area contributed by atoms with Crippen LogP contribution in [0, 0.1) is 6.92 Å². The molecule has 112 valence electrons. The lowest BCUT2D eigenvalue weighted by molar-refractivity contribution is -0.135. The molecule has 6 nitrogen and oxygen atoms in total. The summed E-state index contributed by atoms with van der Waals surface area (Å²) in [6.07, 6.45) is 2.43. The van der Waals surface area contributed by atoms with Gasteiger partial charge in [0, 0.05) is 37.9 Å². The Hall–Kier alpha value is -1.40. The van der Waals surface area contributed by atoms with E-state index in [0.29, 0.717) is 6.54 Å². The largest absolute Gasteiger partial charge is 0.348 e. The number of nitrogens with zero attached hydrogens (tertiary/aromatic N) is 3. The molecule has 6 heteroatoms. The van der Waals surface area contributed by atoms with Gasteiger partial charge in [-0.15, -0.1) is 0 Å². The van der Waals surface area contributed by atoms with Gasteiger partial charge in [-0.25, -0.2) is 4.98 Å². The fraction of sp³-hybridized carbons (Fsp3) is 0.714. The first-order chi connectivity index (χ1) is 9.56. The number of likely N-dealkylation sites (N-methyl/N-ethyl adjacent to an activating group) is 1. The maximum absolute atomic E-state index is 12.6. The van der Waals surface area contributed by atoms with Gasteiger partial charge in [0.2, 0.25) is 5.91 Å². The highest BCUT2D eigenvalue weighted by Gasteiger charge is 2.37. The molecule has 3 N–H and O–H groups in total. The number of aryl methyl sites for hydroxylation is 1. The van der Waals surface area contributed by atoms with Gasteiger partial charge >= 0.3 is 0 Å². The van der Waals surface area contributed by atoms with Crippen LogP contribution in [0.2, 0.25) is 0 Å². The van der Waals surface area contributed by atoms with Crippen LogP contribution in [0.4, 0.5) is 0 Å². The van der Waals surface area contributed by atoms with Crippen LogP contribution in [0.25, 0.3) is 0 Å². The Balaban J connectivity index is 2.10. The van der Waals surface area contributed by atoms with Crippen molar-refractivity contribution >= 4 is 5.91 Å². The normalized spacial score (nSPS) is 23.2. The number of likely N-dealkylation sites (tertiary alicyclic amines) is 1. The first kappa shape index (κ1) is 15.0. The van der Waals surface area contributed by atoms with E-state index in [-0.39, 0.29) is 18.0 Å². The van der Waals surface area contributed by atoms with E-state index in [4.69, 9.17) is 5.73 Å². The highest BCUT2D eigenvalue weighted by molar-refractivity contribution is 5.82. The molecule has 1 saturated heterocycles. The van der Waals surface area contributed by atoms with E-state index in [1.807, 2.05) is 25.7 Å². The lowest BCUT2D eigenvalue weighted by Crippen LogP contribution is -2.45. The molecule has 0 aliphatic carbocycles. The second-order valence-electron chi connectivity index (χ2n) is 5.43. The number of aromatic nitrogens is 2. The molecule has 2 atom stereocenters. The molecule has 1 fully saturated rings. The first-order valence-corrected chi connectivity index (χ1v) is 7.34. The molecule has 0 spiro atoms. The van der Waals surface area contributed by atoms with Crippen LogP contribution in [-0.4, -0.2) is 57.4 Å². The average Bonchev–Trinajstić information content (AvgIpc) is 2.98. The zero-order chi connectivity index (χ0) is 14.7. The number of carbonyl (C=O) groups is 1. The molecule has 0 saturated carbocycles. The Morgan fingerprint density at radius 3 is 2.80 bits per heavy atom. The summed E-state index contributed by atoms with van der Waals surface area (Å²) < 4.78 is 0. The Kier molecular flexibility index (Phi) is 4.77. The number of rotatable bonds is 5. The number of hydrogen-bond acceptors (Lipinski definition) is 4. The summed E-state index contributed by atoms with van der Waals surface area (Å²) in [5.41, 5.74) is 8.11. The summed E-state index contributed by atoms with van der Waals surface area (Å²) in [5, 5.41) is 0. The number of hydrogen-bond donors (Lipinski definition) is 2. The molecule has 1 aromatic heterocycles. The quantitative estimate of drug-likeness (QED) is 0.822. The van der Waals surface area contributed by atoms with Crippen LogP contribution < -0.4 is 5.73 Å². The highest BCUT2D eigenvalue weighted by Crippen LogP contribution is 2.21. The van der Waals surface area contributed by atoms with Crippen molar-refractivity contribution in [2.45, 2.75) is 45.8 Å². The van der Waals surface area contributed by atoms with Gasteiger partial charge in [-0.1, -0.05) is 0 Å². The molecule has 0 radical (unpaired) electrons. The first-order valence-electron chi connectivity index (χ1n) is 7.34. The van der Waals surface area contributed by atoms with E-state index >= 15 is 0 Å². The van der Waals surface area contributed by atoms with Crippen molar-refractivity contribution in [2.75, 3.05) is 19.6 Å². The fourth-order valence-corrected chi connectivity index (χ4v) is 2.86. The average molecular weight is 279 g/mol. The molecule has 1 aliphatic heterocycles. The molecule has 0 bridgehead atoms. The summed E-state index contributed by atoms with van der Waals surface area (Å²) in [6.45, 7) is 8.95. The van der Waals surface area contributed by atoms with Crippen LogP contribution in [0.3, 0.4) is 0 Å². The number of nitrogens with two attached hydrogens (primary N) is 1. The van der Waals surface area contributed by atoms with E-state index in [0.717, 1.165) is 37.4 Å². The number of imidazole rings is 1. The van der Waals surface area contributed by atoms with Gasteiger partial charge in [-0.3, -0.25) is 9.69 Å². The van der Waals surface area contributed by atoms with Crippen molar-refractivity contribution in [3.05, 3.63) is 17.7 Å². The van der Waals surface area contributed by atoms with E-state index in [1.54, 1.807) is 6.33 Å². The highest BCUT2D eigenvalue weighted by atomic mass is 16.2. The van der Waals surface area contributed by atoms with Crippen molar-refractivity contribution < 1.29 is 4.79 Å². The van der Waals surface area contributed by atoms with Crippen LogP contribution in [0.1, 0.15) is 31.7 Å².